The van der Waals surface area contributed by atoms with E-state index in [9.17, 15) is 14.7 Å². The van der Waals surface area contributed by atoms with Crippen LogP contribution in [0.5, 0.6) is 0 Å². The van der Waals surface area contributed by atoms with E-state index in [0.717, 1.165) is 0 Å². The average molecular weight is 219 g/mol. The molecule has 0 aliphatic carbocycles. The van der Waals surface area contributed by atoms with Crippen LogP contribution in [0.2, 0.25) is 0 Å². The van der Waals surface area contributed by atoms with Gasteiger partial charge >= 0.3 is 0 Å². The highest BCUT2D eigenvalue weighted by molar-refractivity contribution is 5.51. The van der Waals surface area contributed by atoms with Gasteiger partial charge in [-0.3, -0.25) is 9.63 Å². The summed E-state index contributed by atoms with van der Waals surface area (Å²) < 4.78 is 0. The van der Waals surface area contributed by atoms with Crippen LogP contribution in [0.1, 0.15) is 0 Å². The molecule has 0 radical (unpaired) electrons. The third-order valence-electron chi connectivity index (χ3n) is 1.69. The van der Waals surface area contributed by atoms with Crippen LogP contribution in [0.4, 0.5) is 0 Å². The Morgan fingerprint density at radius 3 is 2.73 bits per heavy atom. The van der Waals surface area contributed by atoms with Crippen LogP contribution in [0, 0.1) is 0 Å². The summed E-state index contributed by atoms with van der Waals surface area (Å²) in [6, 6.07) is -0.519. The molecular weight excluding hydrogens is 202 g/mol. The summed E-state index contributed by atoms with van der Waals surface area (Å²) in [5.74, 6) is 0. The molecule has 0 aliphatic rings. The van der Waals surface area contributed by atoms with E-state index < -0.39 is 12.1 Å². The Morgan fingerprint density at radius 1 is 1.47 bits per heavy atom. The number of likely N-dealkylation sites (N-methyl/N-ethyl adjacent to an activating group) is 1. The van der Waals surface area contributed by atoms with Crippen LogP contribution in [0.3, 0.4) is 0 Å². The highest BCUT2D eigenvalue weighted by Crippen LogP contribution is 1.92. The van der Waals surface area contributed by atoms with Crippen molar-refractivity contribution >= 4 is 12.7 Å². The lowest BCUT2D eigenvalue weighted by molar-refractivity contribution is -0.113. The zero-order valence-corrected chi connectivity index (χ0v) is 8.60. The van der Waals surface area contributed by atoms with Gasteiger partial charge < -0.3 is 20.5 Å². The molecule has 0 aromatic rings. The maximum Gasteiger partial charge on any atom is 0.207 e. The molecule has 0 heterocycles. The minimum Gasteiger partial charge on any atom is -0.390 e. The molecule has 0 bridgehead atoms. The number of hydrogen-bond acceptors (Lipinski definition) is 6. The normalized spacial score (nSPS) is 14.3. The molecule has 7 nitrogen and oxygen atoms in total. The van der Waals surface area contributed by atoms with Crippen molar-refractivity contribution in [3.63, 3.8) is 0 Å². The van der Waals surface area contributed by atoms with E-state index in [1.807, 2.05) is 0 Å². The van der Waals surface area contributed by atoms with Crippen LogP contribution >= 0.6 is 0 Å². The van der Waals surface area contributed by atoms with Crippen molar-refractivity contribution in [2.75, 3.05) is 26.7 Å². The summed E-state index contributed by atoms with van der Waals surface area (Å²) in [7, 11) is 1.69. The maximum atomic E-state index is 10.2. The number of hydrogen-bond donors (Lipinski definition) is 4. The lowest BCUT2D eigenvalue weighted by Gasteiger charge is -2.21. The third-order valence-corrected chi connectivity index (χ3v) is 1.69. The van der Waals surface area contributed by atoms with Crippen LogP contribution in [-0.2, 0) is 14.4 Å². The van der Waals surface area contributed by atoms with Gasteiger partial charge in [0.25, 0.3) is 0 Å². The molecule has 15 heavy (non-hydrogen) atoms. The van der Waals surface area contributed by atoms with Gasteiger partial charge in [0.1, 0.15) is 6.29 Å². The van der Waals surface area contributed by atoms with Crippen molar-refractivity contribution in [3.05, 3.63) is 0 Å². The number of aliphatic hydroxyl groups is 1. The van der Waals surface area contributed by atoms with Gasteiger partial charge in [0, 0.05) is 6.54 Å². The van der Waals surface area contributed by atoms with Crippen molar-refractivity contribution < 1.29 is 19.5 Å². The summed E-state index contributed by atoms with van der Waals surface area (Å²) >= 11 is 0. The summed E-state index contributed by atoms with van der Waals surface area (Å²) in [5.41, 5.74) is 2.37. The number of nitrogens with one attached hydrogen (secondary N) is 3. The minimum absolute atomic E-state index is 0.0654. The van der Waals surface area contributed by atoms with Crippen LogP contribution in [-0.4, -0.2) is 56.7 Å². The summed E-state index contributed by atoms with van der Waals surface area (Å²) in [4.78, 5) is 25.0. The first kappa shape index (κ1) is 14.0. The molecule has 0 aromatic heterocycles. The zero-order valence-electron chi connectivity index (χ0n) is 8.60. The Bertz CT molecular complexity index is 179. The van der Waals surface area contributed by atoms with Crippen molar-refractivity contribution in [2.45, 2.75) is 12.1 Å². The van der Waals surface area contributed by atoms with E-state index in [-0.39, 0.29) is 13.2 Å². The number of amides is 1. The second kappa shape index (κ2) is 9.53. The number of aldehydes is 1. The lowest BCUT2D eigenvalue weighted by atomic mass is 10.2. The van der Waals surface area contributed by atoms with E-state index in [1.54, 1.807) is 7.05 Å². The standard InChI is InChI=1S/C8H17N3O4/c1-9-4-8(14)7(10-6-13)5-15-11-2-3-12/h3,6-9,11,14H,2,4-5H2,1H3,(H,10,13). The number of carbonyl (C=O) groups excluding carboxylic acids is 2. The van der Waals surface area contributed by atoms with Gasteiger partial charge in [-0.25, -0.2) is 0 Å². The van der Waals surface area contributed by atoms with E-state index in [4.69, 9.17) is 4.84 Å². The Balaban J connectivity index is 3.80. The molecule has 0 aromatic carbocycles. The van der Waals surface area contributed by atoms with Gasteiger partial charge in [-0.15, -0.1) is 0 Å². The average Bonchev–Trinajstić information content (AvgIpc) is 2.23. The fourth-order valence-corrected chi connectivity index (χ4v) is 0.951. The van der Waals surface area contributed by atoms with Gasteiger partial charge in [-0.2, -0.15) is 5.48 Å². The molecule has 0 spiro atoms. The molecule has 0 saturated heterocycles. The fraction of sp³-hybridized carbons (Fsp3) is 0.750. The quantitative estimate of drug-likeness (QED) is 0.183. The Morgan fingerprint density at radius 2 is 2.20 bits per heavy atom. The molecule has 0 rings (SSSR count). The predicted molar refractivity (Wildman–Crippen MR) is 52.9 cm³/mol. The van der Waals surface area contributed by atoms with Crippen molar-refractivity contribution in [2.24, 2.45) is 0 Å². The first-order valence-corrected chi connectivity index (χ1v) is 4.56. The molecule has 4 N–H and O–H groups in total. The Kier molecular flexibility index (Phi) is 8.88. The van der Waals surface area contributed by atoms with Crippen LogP contribution in [0.15, 0.2) is 0 Å². The molecule has 0 aliphatic heterocycles. The summed E-state index contributed by atoms with van der Waals surface area (Å²) in [5, 5.41) is 14.7. The smallest absolute Gasteiger partial charge is 0.207 e. The van der Waals surface area contributed by atoms with Gasteiger partial charge in [-0.1, -0.05) is 0 Å². The highest BCUT2D eigenvalue weighted by Gasteiger charge is 2.17. The van der Waals surface area contributed by atoms with Gasteiger partial charge in [0.05, 0.1) is 25.3 Å². The first-order chi connectivity index (χ1) is 7.26. The predicted octanol–water partition coefficient (Wildman–Crippen LogP) is -2.60. The number of aliphatic hydroxyl groups excluding tert-OH is 1. The molecule has 2 atom stereocenters. The second-order valence-corrected chi connectivity index (χ2v) is 2.84. The van der Waals surface area contributed by atoms with E-state index in [1.165, 1.54) is 0 Å². The van der Waals surface area contributed by atoms with E-state index >= 15 is 0 Å². The minimum atomic E-state index is -0.752. The molecule has 2 unspecified atom stereocenters. The first-order valence-electron chi connectivity index (χ1n) is 4.56. The lowest BCUT2D eigenvalue weighted by Crippen LogP contribution is -2.47. The van der Waals surface area contributed by atoms with Gasteiger partial charge in [0.2, 0.25) is 6.41 Å². The third kappa shape index (κ3) is 6.97. The Hall–Kier alpha value is -1.02. The zero-order chi connectivity index (χ0) is 11.5. The van der Waals surface area contributed by atoms with Gasteiger partial charge in [-0.05, 0) is 7.05 Å². The Labute approximate surface area is 88.1 Å². The van der Waals surface area contributed by atoms with Crippen molar-refractivity contribution in [1.29, 1.82) is 0 Å². The molecule has 0 saturated carbocycles. The summed E-state index contributed by atoms with van der Waals surface area (Å²) in [6.45, 7) is 0.480. The fourth-order valence-electron chi connectivity index (χ4n) is 0.951. The largest absolute Gasteiger partial charge is 0.390 e. The van der Waals surface area contributed by atoms with E-state index in [2.05, 4.69) is 16.1 Å². The monoisotopic (exact) mass is 219 g/mol. The molecular formula is C8H17N3O4. The second-order valence-electron chi connectivity index (χ2n) is 2.84. The number of carbonyl (C=O) groups is 2. The van der Waals surface area contributed by atoms with Crippen LogP contribution < -0.4 is 16.1 Å². The van der Waals surface area contributed by atoms with Gasteiger partial charge in [0.15, 0.2) is 0 Å². The molecule has 0 fully saturated rings. The molecule has 7 heteroatoms. The number of hydroxylamine groups is 1. The summed E-state index contributed by atoms with van der Waals surface area (Å²) in [6.07, 6.45) is 0.386. The van der Waals surface area contributed by atoms with Crippen LogP contribution in [0.25, 0.3) is 0 Å². The number of rotatable bonds is 10. The van der Waals surface area contributed by atoms with Crippen molar-refractivity contribution in [3.8, 4) is 0 Å². The maximum absolute atomic E-state index is 10.2. The topological polar surface area (TPSA) is 99.7 Å². The molecule has 88 valence electrons. The molecule has 1 amide bonds. The highest BCUT2D eigenvalue weighted by atomic mass is 16.6. The van der Waals surface area contributed by atoms with E-state index in [0.29, 0.717) is 19.2 Å². The SMILES string of the molecule is CNCC(O)C(CONCC=O)NC=O. The van der Waals surface area contributed by atoms with Crippen molar-refractivity contribution in [1.82, 2.24) is 16.1 Å².